The van der Waals surface area contributed by atoms with E-state index in [1.165, 1.54) is 37.8 Å². The smallest absolute Gasteiger partial charge is 0.250 e. The molecule has 2 saturated heterocycles. The van der Waals surface area contributed by atoms with Crippen LogP contribution in [0.25, 0.3) is 5.69 Å². The van der Waals surface area contributed by atoms with Gasteiger partial charge >= 0.3 is 0 Å². The molecule has 3 heterocycles. The van der Waals surface area contributed by atoms with Crippen LogP contribution >= 0.6 is 0 Å². The number of hydrogen-bond donors (Lipinski definition) is 0. The van der Waals surface area contributed by atoms with Gasteiger partial charge in [0.15, 0.2) is 0 Å². The van der Waals surface area contributed by atoms with Crippen molar-refractivity contribution in [3.05, 3.63) is 29.8 Å². The Hall–Kier alpha value is -1.95. The zero-order valence-electron chi connectivity index (χ0n) is 14.6. The van der Waals surface area contributed by atoms with Crippen LogP contribution in [0.3, 0.4) is 0 Å². The molecule has 0 bridgehead atoms. The second kappa shape index (κ2) is 6.51. The maximum atomic E-state index is 4.29. The van der Waals surface area contributed by atoms with Gasteiger partial charge < -0.3 is 4.90 Å². The molecule has 6 heteroatoms. The number of hydrogen-bond acceptors (Lipinski definition) is 5. The van der Waals surface area contributed by atoms with Crippen LogP contribution in [0.15, 0.2) is 24.3 Å². The van der Waals surface area contributed by atoms with Crippen molar-refractivity contribution in [3.63, 3.8) is 0 Å². The van der Waals surface area contributed by atoms with Crippen molar-refractivity contribution in [3.8, 4) is 5.69 Å². The molecule has 0 spiro atoms. The fourth-order valence-electron chi connectivity index (χ4n) is 4.13. The molecule has 4 rings (SSSR count). The van der Waals surface area contributed by atoms with Crippen molar-refractivity contribution in [1.82, 2.24) is 25.1 Å². The first kappa shape index (κ1) is 15.6. The van der Waals surface area contributed by atoms with E-state index >= 15 is 0 Å². The van der Waals surface area contributed by atoms with Gasteiger partial charge in [-0.2, -0.15) is 4.68 Å². The molecule has 2 aromatic rings. The van der Waals surface area contributed by atoms with E-state index in [1.54, 1.807) is 0 Å². The fraction of sp³-hybridized carbons (Fsp3) is 0.611. The van der Waals surface area contributed by atoms with Crippen LogP contribution in [0.4, 0.5) is 5.95 Å². The van der Waals surface area contributed by atoms with Crippen LogP contribution in [-0.4, -0.2) is 56.8 Å². The molecule has 0 saturated carbocycles. The summed E-state index contributed by atoms with van der Waals surface area (Å²) in [6.45, 7) is 7.79. The quantitative estimate of drug-likeness (QED) is 0.867. The highest BCUT2D eigenvalue weighted by Crippen LogP contribution is 2.27. The number of anilines is 1. The lowest BCUT2D eigenvalue weighted by Gasteiger charge is -2.38. The molecular formula is C18H26N6. The van der Waals surface area contributed by atoms with Crippen LogP contribution < -0.4 is 4.90 Å². The van der Waals surface area contributed by atoms with Gasteiger partial charge in [0.25, 0.3) is 0 Å². The van der Waals surface area contributed by atoms with Crippen LogP contribution in [0.5, 0.6) is 0 Å². The molecule has 0 amide bonds. The monoisotopic (exact) mass is 326 g/mol. The third-order valence-electron chi connectivity index (χ3n) is 5.55. The van der Waals surface area contributed by atoms with Gasteiger partial charge in [-0.15, -0.1) is 0 Å². The lowest BCUT2D eigenvalue weighted by molar-refractivity contribution is 0.162. The molecule has 1 aromatic carbocycles. The van der Waals surface area contributed by atoms with E-state index in [0.29, 0.717) is 0 Å². The number of likely N-dealkylation sites (tertiary alicyclic amines) is 1. The lowest BCUT2D eigenvalue weighted by Crippen LogP contribution is -2.46. The molecule has 2 fully saturated rings. The van der Waals surface area contributed by atoms with Crippen LogP contribution in [0, 0.1) is 6.92 Å². The molecule has 1 aromatic heterocycles. The van der Waals surface area contributed by atoms with Gasteiger partial charge in [-0.3, -0.25) is 4.90 Å². The number of tetrazole rings is 1. The van der Waals surface area contributed by atoms with Crippen LogP contribution in [0.2, 0.25) is 0 Å². The van der Waals surface area contributed by atoms with E-state index < -0.39 is 0 Å². The first-order valence-electron chi connectivity index (χ1n) is 9.08. The highest BCUT2D eigenvalue weighted by molar-refractivity contribution is 5.42. The number of nitrogens with zero attached hydrogens (tertiary/aromatic N) is 6. The Labute approximate surface area is 143 Å². The molecule has 24 heavy (non-hydrogen) atoms. The van der Waals surface area contributed by atoms with E-state index in [2.05, 4.69) is 63.4 Å². The molecule has 6 nitrogen and oxygen atoms in total. The second-order valence-corrected chi connectivity index (χ2v) is 7.17. The van der Waals surface area contributed by atoms with Crippen LogP contribution in [-0.2, 0) is 0 Å². The lowest BCUT2D eigenvalue weighted by atomic mass is 10.0. The molecule has 1 atom stereocenters. The summed E-state index contributed by atoms with van der Waals surface area (Å²) in [6.07, 6.45) is 5.11. The minimum absolute atomic E-state index is 0.724. The summed E-state index contributed by atoms with van der Waals surface area (Å²) in [5.74, 6) is 0.867. The highest BCUT2D eigenvalue weighted by atomic mass is 15.6. The Bertz CT molecular complexity index is 671. The van der Waals surface area contributed by atoms with Gasteiger partial charge in [0.2, 0.25) is 5.95 Å². The van der Waals surface area contributed by atoms with Gasteiger partial charge in [-0.05, 0) is 68.6 Å². The minimum Gasteiger partial charge on any atom is -0.339 e. The summed E-state index contributed by atoms with van der Waals surface area (Å²) < 4.78 is 1.86. The summed E-state index contributed by atoms with van der Waals surface area (Å²) >= 11 is 0. The molecule has 0 radical (unpaired) electrons. The van der Waals surface area contributed by atoms with E-state index in [4.69, 9.17) is 0 Å². The third kappa shape index (κ3) is 2.90. The van der Waals surface area contributed by atoms with Crippen molar-refractivity contribution in [2.24, 2.45) is 0 Å². The molecule has 128 valence electrons. The largest absolute Gasteiger partial charge is 0.339 e. The summed E-state index contributed by atoms with van der Waals surface area (Å²) in [4.78, 5) is 5.04. The number of piperidine rings is 1. The topological polar surface area (TPSA) is 50.1 Å². The predicted octanol–water partition coefficient (Wildman–Crippen LogP) is 2.42. The van der Waals surface area contributed by atoms with Crippen LogP contribution in [0.1, 0.15) is 38.2 Å². The van der Waals surface area contributed by atoms with Crippen molar-refractivity contribution in [2.75, 3.05) is 24.5 Å². The van der Waals surface area contributed by atoms with E-state index in [0.717, 1.165) is 36.8 Å². The molecule has 0 N–H and O–H groups in total. The number of rotatable bonds is 3. The first-order chi connectivity index (χ1) is 11.7. The maximum Gasteiger partial charge on any atom is 0.250 e. The summed E-state index contributed by atoms with van der Waals surface area (Å²) in [7, 11) is 0. The van der Waals surface area contributed by atoms with Crippen molar-refractivity contribution >= 4 is 5.95 Å². The Kier molecular flexibility index (Phi) is 4.22. The van der Waals surface area contributed by atoms with E-state index in [-0.39, 0.29) is 0 Å². The Morgan fingerprint density at radius 1 is 1.00 bits per heavy atom. The molecule has 2 aliphatic rings. The fourth-order valence-corrected chi connectivity index (χ4v) is 4.13. The van der Waals surface area contributed by atoms with Gasteiger partial charge in [-0.25, -0.2) is 0 Å². The van der Waals surface area contributed by atoms with Gasteiger partial charge in [0.05, 0.1) is 5.69 Å². The molecule has 0 aliphatic carbocycles. The Morgan fingerprint density at radius 2 is 1.75 bits per heavy atom. The van der Waals surface area contributed by atoms with E-state index in [1.807, 2.05) is 4.68 Å². The normalized spacial score (nSPS) is 23.1. The average Bonchev–Trinajstić information content (AvgIpc) is 3.25. The predicted molar refractivity (Wildman–Crippen MR) is 94.5 cm³/mol. The first-order valence-corrected chi connectivity index (χ1v) is 9.08. The maximum absolute atomic E-state index is 4.29. The third-order valence-corrected chi connectivity index (χ3v) is 5.55. The molecular weight excluding hydrogens is 300 g/mol. The number of benzene rings is 1. The van der Waals surface area contributed by atoms with Crippen molar-refractivity contribution < 1.29 is 0 Å². The Balaban J connectivity index is 1.47. The minimum atomic E-state index is 0.724. The summed E-state index contributed by atoms with van der Waals surface area (Å²) in [6, 6.07) is 9.83. The van der Waals surface area contributed by atoms with Gasteiger partial charge in [-0.1, -0.05) is 22.8 Å². The standard InChI is InChI=1S/C18H26N6/c1-14-5-7-17(8-6-14)24-18(19-20-21-24)22-12-9-16(10-13-22)23-11-3-4-15(23)2/h5-8,15-16H,3-4,9-13H2,1-2H3. The number of aryl methyl sites for hydroxylation is 1. The van der Waals surface area contributed by atoms with Crippen molar-refractivity contribution in [1.29, 1.82) is 0 Å². The van der Waals surface area contributed by atoms with Gasteiger partial charge in [0, 0.05) is 25.2 Å². The zero-order valence-corrected chi connectivity index (χ0v) is 14.6. The number of aromatic nitrogens is 4. The van der Waals surface area contributed by atoms with Crippen molar-refractivity contribution in [2.45, 2.75) is 51.6 Å². The average molecular weight is 326 g/mol. The highest BCUT2D eigenvalue weighted by Gasteiger charge is 2.31. The second-order valence-electron chi connectivity index (χ2n) is 7.17. The van der Waals surface area contributed by atoms with Gasteiger partial charge in [0.1, 0.15) is 0 Å². The molecule has 1 unspecified atom stereocenters. The SMILES string of the molecule is Cc1ccc(-n2nnnc2N2CCC(N3CCCC3C)CC2)cc1. The molecule has 2 aliphatic heterocycles. The summed E-state index contributed by atoms with van der Waals surface area (Å²) in [5, 5.41) is 12.4. The Morgan fingerprint density at radius 3 is 2.42 bits per heavy atom. The summed E-state index contributed by atoms with van der Waals surface area (Å²) in [5.41, 5.74) is 2.27. The van der Waals surface area contributed by atoms with E-state index in [9.17, 15) is 0 Å². The zero-order chi connectivity index (χ0) is 16.5.